The van der Waals surface area contributed by atoms with Crippen LogP contribution in [0.15, 0.2) is 16.7 Å². The maximum atomic E-state index is 11.6. The lowest BCUT2D eigenvalue weighted by Gasteiger charge is -2.33. The van der Waals surface area contributed by atoms with E-state index in [0.717, 1.165) is 35.2 Å². The molecule has 0 aliphatic carbocycles. The Kier molecular flexibility index (Phi) is 4.22. The van der Waals surface area contributed by atoms with Gasteiger partial charge in [0.2, 0.25) is 0 Å². The predicted octanol–water partition coefficient (Wildman–Crippen LogP) is 2.54. The number of nitrogens with zero attached hydrogens (tertiary/aromatic N) is 2. The highest BCUT2D eigenvalue weighted by molar-refractivity contribution is 9.10. The summed E-state index contributed by atoms with van der Waals surface area (Å²) in [6.45, 7) is 3.68. The van der Waals surface area contributed by atoms with Crippen molar-refractivity contribution >= 4 is 27.7 Å². The van der Waals surface area contributed by atoms with Crippen LogP contribution in [0.3, 0.4) is 0 Å². The number of aromatic nitrogens is 1. The normalized spacial score (nSPS) is 19.7. The standard InChI is InChI=1S/C13H17BrN2O2/c1-9-6-11(14)7-15-12(9)16-5-3-4-10(8-16)13(17)18-2/h6-7,10H,3-5,8H2,1-2H3. The fourth-order valence-electron chi connectivity index (χ4n) is 2.39. The molecule has 18 heavy (non-hydrogen) atoms. The van der Waals surface area contributed by atoms with E-state index in [1.807, 2.05) is 13.0 Å². The molecule has 0 N–H and O–H groups in total. The first-order chi connectivity index (χ1) is 8.61. The lowest BCUT2D eigenvalue weighted by Crippen LogP contribution is -2.39. The third kappa shape index (κ3) is 2.83. The number of anilines is 1. The molecule has 0 aromatic carbocycles. The zero-order chi connectivity index (χ0) is 13.1. The number of carbonyl (C=O) groups is 1. The van der Waals surface area contributed by atoms with Gasteiger partial charge in [0.25, 0.3) is 0 Å². The molecule has 1 aliphatic rings. The summed E-state index contributed by atoms with van der Waals surface area (Å²) in [5.74, 6) is 0.815. The van der Waals surface area contributed by atoms with Crippen molar-refractivity contribution in [3.63, 3.8) is 0 Å². The number of methoxy groups -OCH3 is 1. The van der Waals surface area contributed by atoms with Crippen LogP contribution < -0.4 is 4.90 Å². The van der Waals surface area contributed by atoms with Crippen molar-refractivity contribution < 1.29 is 9.53 Å². The fraction of sp³-hybridized carbons (Fsp3) is 0.538. The molecule has 0 saturated carbocycles. The Morgan fingerprint density at radius 2 is 2.39 bits per heavy atom. The molecule has 0 bridgehead atoms. The number of halogens is 1. The van der Waals surface area contributed by atoms with Gasteiger partial charge in [0.15, 0.2) is 0 Å². The molecule has 2 rings (SSSR count). The van der Waals surface area contributed by atoms with E-state index < -0.39 is 0 Å². The molecule has 5 heteroatoms. The number of rotatable bonds is 2. The van der Waals surface area contributed by atoms with Crippen LogP contribution in [0, 0.1) is 12.8 Å². The van der Waals surface area contributed by atoms with E-state index in [0.29, 0.717) is 6.54 Å². The highest BCUT2D eigenvalue weighted by atomic mass is 79.9. The van der Waals surface area contributed by atoms with Crippen LogP contribution >= 0.6 is 15.9 Å². The third-order valence-corrected chi connectivity index (χ3v) is 3.71. The van der Waals surface area contributed by atoms with E-state index in [-0.39, 0.29) is 11.9 Å². The van der Waals surface area contributed by atoms with E-state index >= 15 is 0 Å². The second-order valence-electron chi connectivity index (χ2n) is 4.60. The molecule has 1 fully saturated rings. The first-order valence-electron chi connectivity index (χ1n) is 6.06. The Balaban J connectivity index is 2.15. The van der Waals surface area contributed by atoms with Crippen molar-refractivity contribution in [3.8, 4) is 0 Å². The Morgan fingerprint density at radius 3 is 3.06 bits per heavy atom. The number of aryl methyl sites for hydroxylation is 1. The molecule has 0 amide bonds. The summed E-state index contributed by atoms with van der Waals surface area (Å²) in [5, 5.41) is 0. The van der Waals surface area contributed by atoms with Gasteiger partial charge in [-0.25, -0.2) is 4.98 Å². The van der Waals surface area contributed by atoms with Gasteiger partial charge < -0.3 is 9.64 Å². The van der Waals surface area contributed by atoms with Gasteiger partial charge in [-0.3, -0.25) is 4.79 Å². The number of piperidine rings is 1. The maximum Gasteiger partial charge on any atom is 0.310 e. The van der Waals surface area contributed by atoms with Gasteiger partial charge >= 0.3 is 5.97 Å². The largest absolute Gasteiger partial charge is 0.469 e. The Morgan fingerprint density at radius 1 is 1.61 bits per heavy atom. The van der Waals surface area contributed by atoms with Crippen LogP contribution in [-0.4, -0.2) is 31.2 Å². The quantitative estimate of drug-likeness (QED) is 0.787. The monoisotopic (exact) mass is 312 g/mol. The van der Waals surface area contributed by atoms with Crippen LogP contribution in [0.5, 0.6) is 0 Å². The highest BCUT2D eigenvalue weighted by Crippen LogP contribution is 2.26. The van der Waals surface area contributed by atoms with E-state index in [4.69, 9.17) is 4.74 Å². The molecule has 1 unspecified atom stereocenters. The van der Waals surface area contributed by atoms with Crippen LogP contribution in [0.1, 0.15) is 18.4 Å². The minimum absolute atomic E-state index is 0.0337. The van der Waals surface area contributed by atoms with E-state index in [1.165, 1.54) is 7.11 Å². The van der Waals surface area contributed by atoms with Crippen molar-refractivity contribution in [1.29, 1.82) is 0 Å². The molecule has 1 aromatic rings. The summed E-state index contributed by atoms with van der Waals surface area (Å²) in [4.78, 5) is 18.2. The van der Waals surface area contributed by atoms with E-state index in [2.05, 4.69) is 25.8 Å². The van der Waals surface area contributed by atoms with Crippen molar-refractivity contribution in [2.24, 2.45) is 5.92 Å². The zero-order valence-corrected chi connectivity index (χ0v) is 12.2. The number of ether oxygens (including phenoxy) is 1. The van der Waals surface area contributed by atoms with Gasteiger partial charge in [-0.1, -0.05) is 0 Å². The smallest absolute Gasteiger partial charge is 0.310 e. The minimum atomic E-state index is -0.116. The lowest BCUT2D eigenvalue weighted by molar-refractivity contribution is -0.145. The highest BCUT2D eigenvalue weighted by Gasteiger charge is 2.27. The summed E-state index contributed by atoms with van der Waals surface area (Å²) >= 11 is 3.41. The molecular formula is C13H17BrN2O2. The second-order valence-corrected chi connectivity index (χ2v) is 5.52. The maximum absolute atomic E-state index is 11.6. The molecule has 1 saturated heterocycles. The van der Waals surface area contributed by atoms with Gasteiger partial charge in [-0.15, -0.1) is 0 Å². The average Bonchev–Trinajstić information content (AvgIpc) is 2.38. The second kappa shape index (κ2) is 5.69. The van der Waals surface area contributed by atoms with Gasteiger partial charge in [0.1, 0.15) is 5.82 Å². The van der Waals surface area contributed by atoms with Crippen LogP contribution in [0.25, 0.3) is 0 Å². The average molecular weight is 313 g/mol. The lowest BCUT2D eigenvalue weighted by atomic mass is 9.98. The number of hydrogen-bond acceptors (Lipinski definition) is 4. The van der Waals surface area contributed by atoms with Gasteiger partial charge in [0, 0.05) is 23.8 Å². The zero-order valence-electron chi connectivity index (χ0n) is 10.6. The van der Waals surface area contributed by atoms with Crippen LogP contribution in [-0.2, 0) is 9.53 Å². The predicted molar refractivity (Wildman–Crippen MR) is 73.6 cm³/mol. The Bertz CT molecular complexity index is 451. The van der Waals surface area contributed by atoms with Gasteiger partial charge in [-0.05, 0) is 47.3 Å². The van der Waals surface area contributed by atoms with Crippen molar-refractivity contribution in [2.75, 3.05) is 25.1 Å². The Hall–Kier alpha value is -1.10. The summed E-state index contributed by atoms with van der Waals surface area (Å²) < 4.78 is 5.81. The summed E-state index contributed by atoms with van der Waals surface area (Å²) in [6.07, 6.45) is 3.69. The van der Waals surface area contributed by atoms with Gasteiger partial charge in [-0.2, -0.15) is 0 Å². The van der Waals surface area contributed by atoms with Crippen molar-refractivity contribution in [3.05, 3.63) is 22.3 Å². The number of pyridine rings is 1. The topological polar surface area (TPSA) is 42.4 Å². The number of hydrogen-bond donors (Lipinski definition) is 0. The van der Waals surface area contributed by atoms with Crippen LogP contribution in [0.4, 0.5) is 5.82 Å². The molecule has 4 nitrogen and oxygen atoms in total. The first kappa shape index (κ1) is 13.3. The third-order valence-electron chi connectivity index (χ3n) is 3.27. The summed E-state index contributed by atoms with van der Waals surface area (Å²) in [6, 6.07) is 2.05. The SMILES string of the molecule is COC(=O)C1CCCN(c2ncc(Br)cc2C)C1. The minimum Gasteiger partial charge on any atom is -0.469 e. The van der Waals surface area contributed by atoms with Crippen molar-refractivity contribution in [1.82, 2.24) is 4.98 Å². The van der Waals surface area contributed by atoms with E-state index in [9.17, 15) is 4.79 Å². The molecule has 2 heterocycles. The molecule has 1 atom stereocenters. The van der Waals surface area contributed by atoms with E-state index in [1.54, 1.807) is 6.20 Å². The molecule has 0 radical (unpaired) electrons. The molecular weight excluding hydrogens is 296 g/mol. The molecule has 1 aliphatic heterocycles. The van der Waals surface area contributed by atoms with Crippen LogP contribution in [0.2, 0.25) is 0 Å². The summed E-state index contributed by atoms with van der Waals surface area (Å²) in [5.41, 5.74) is 1.12. The molecule has 98 valence electrons. The van der Waals surface area contributed by atoms with Gasteiger partial charge in [0.05, 0.1) is 13.0 Å². The van der Waals surface area contributed by atoms with Crippen molar-refractivity contribution in [2.45, 2.75) is 19.8 Å². The first-order valence-corrected chi connectivity index (χ1v) is 6.86. The summed E-state index contributed by atoms with van der Waals surface area (Å²) in [7, 11) is 1.45. The number of carbonyl (C=O) groups excluding carboxylic acids is 1. The molecule has 0 spiro atoms. The Labute approximate surface area is 115 Å². The fourth-order valence-corrected chi connectivity index (χ4v) is 2.84. The molecule has 1 aromatic heterocycles. The number of esters is 1.